The molecule has 1 aromatic rings. The third-order valence-corrected chi connectivity index (χ3v) is 1.62. The Hall–Kier alpha value is -0.430. The predicted molar refractivity (Wildman–Crippen MR) is 61.1 cm³/mol. The van der Waals surface area contributed by atoms with E-state index in [0.29, 0.717) is 0 Å². The van der Waals surface area contributed by atoms with Crippen molar-refractivity contribution in [2.24, 2.45) is 0 Å². The van der Waals surface area contributed by atoms with Gasteiger partial charge in [-0.15, -0.1) is 12.6 Å². The molecule has 0 spiro atoms. The standard InChI is InChI=1S/C7H8S.2C2H6/c1-6-4-2-3-5-7(6)8;2*1-2/h2-5,8H,1H3;2*1-2H3. The molecular formula is C11H20S. The van der Waals surface area contributed by atoms with Crippen LogP contribution < -0.4 is 0 Å². The topological polar surface area (TPSA) is 0 Å². The monoisotopic (exact) mass is 184 g/mol. The van der Waals surface area contributed by atoms with Crippen molar-refractivity contribution in [2.75, 3.05) is 0 Å². The highest BCUT2D eigenvalue weighted by Gasteiger charge is 1.84. The zero-order valence-corrected chi connectivity index (χ0v) is 9.65. The largest absolute Gasteiger partial charge is 0.143 e. The summed E-state index contributed by atoms with van der Waals surface area (Å²) in [5, 5.41) is 0. The number of rotatable bonds is 0. The van der Waals surface area contributed by atoms with E-state index in [1.54, 1.807) is 0 Å². The summed E-state index contributed by atoms with van der Waals surface area (Å²) in [5.74, 6) is 0. The van der Waals surface area contributed by atoms with Crippen LogP contribution >= 0.6 is 12.6 Å². The molecule has 1 heteroatoms. The second-order valence-corrected chi connectivity index (χ2v) is 2.27. The molecule has 0 heterocycles. The number of aryl methyl sites for hydroxylation is 1. The Balaban J connectivity index is 0. The first-order valence-corrected chi connectivity index (χ1v) is 5.00. The minimum atomic E-state index is 1.06. The second kappa shape index (κ2) is 10.6. The summed E-state index contributed by atoms with van der Waals surface area (Å²) in [7, 11) is 0. The van der Waals surface area contributed by atoms with Gasteiger partial charge in [-0.1, -0.05) is 45.9 Å². The molecule has 12 heavy (non-hydrogen) atoms. The molecular weight excluding hydrogens is 164 g/mol. The molecule has 0 bridgehead atoms. The molecule has 0 nitrogen and oxygen atoms in total. The van der Waals surface area contributed by atoms with Crippen LogP contribution in [0.25, 0.3) is 0 Å². The van der Waals surface area contributed by atoms with Crippen molar-refractivity contribution in [3.05, 3.63) is 29.8 Å². The fourth-order valence-electron chi connectivity index (χ4n) is 0.563. The van der Waals surface area contributed by atoms with E-state index in [4.69, 9.17) is 0 Å². The van der Waals surface area contributed by atoms with Crippen LogP contribution in [0.2, 0.25) is 0 Å². The Bertz CT molecular complexity index is 161. The smallest absolute Gasteiger partial charge is 0.00692 e. The van der Waals surface area contributed by atoms with Gasteiger partial charge < -0.3 is 0 Å². The van der Waals surface area contributed by atoms with Gasteiger partial charge in [-0.25, -0.2) is 0 Å². The van der Waals surface area contributed by atoms with Gasteiger partial charge in [-0.2, -0.15) is 0 Å². The lowest BCUT2D eigenvalue weighted by atomic mass is 10.2. The third kappa shape index (κ3) is 6.29. The molecule has 0 unspecified atom stereocenters. The van der Waals surface area contributed by atoms with Crippen LogP contribution in [0.15, 0.2) is 29.2 Å². The maximum Gasteiger partial charge on any atom is 0.00692 e. The summed E-state index contributed by atoms with van der Waals surface area (Å²) in [5.41, 5.74) is 1.23. The minimum absolute atomic E-state index is 1.06. The maximum absolute atomic E-state index is 4.20. The van der Waals surface area contributed by atoms with Gasteiger partial charge in [0.15, 0.2) is 0 Å². The Labute approximate surface area is 82.4 Å². The quantitative estimate of drug-likeness (QED) is 0.570. The molecule has 0 aliphatic carbocycles. The second-order valence-electron chi connectivity index (χ2n) is 1.79. The van der Waals surface area contributed by atoms with Crippen molar-refractivity contribution in [1.29, 1.82) is 0 Å². The van der Waals surface area contributed by atoms with Gasteiger partial charge in [0.05, 0.1) is 0 Å². The summed E-state index contributed by atoms with van der Waals surface area (Å²) in [6.07, 6.45) is 0. The van der Waals surface area contributed by atoms with Crippen LogP contribution in [0, 0.1) is 6.92 Å². The molecule has 0 aliphatic rings. The maximum atomic E-state index is 4.20. The molecule has 1 aromatic carbocycles. The van der Waals surface area contributed by atoms with Crippen molar-refractivity contribution in [3.8, 4) is 0 Å². The SMILES string of the molecule is CC.CC.Cc1ccccc1S. The summed E-state index contributed by atoms with van der Waals surface area (Å²) in [4.78, 5) is 1.06. The lowest BCUT2D eigenvalue weighted by Crippen LogP contribution is -1.70. The summed E-state index contributed by atoms with van der Waals surface area (Å²) in [6.45, 7) is 10.0. The van der Waals surface area contributed by atoms with E-state index >= 15 is 0 Å². The van der Waals surface area contributed by atoms with Gasteiger partial charge in [-0.05, 0) is 18.6 Å². The number of benzene rings is 1. The Morgan fingerprint density at radius 2 is 1.33 bits per heavy atom. The Morgan fingerprint density at radius 3 is 1.58 bits per heavy atom. The van der Waals surface area contributed by atoms with E-state index in [2.05, 4.69) is 12.6 Å². The molecule has 0 saturated carbocycles. The highest BCUT2D eigenvalue weighted by atomic mass is 32.1. The van der Waals surface area contributed by atoms with Crippen molar-refractivity contribution >= 4 is 12.6 Å². The van der Waals surface area contributed by atoms with Crippen LogP contribution in [0.1, 0.15) is 33.3 Å². The molecule has 0 amide bonds. The van der Waals surface area contributed by atoms with Crippen molar-refractivity contribution in [1.82, 2.24) is 0 Å². The van der Waals surface area contributed by atoms with Gasteiger partial charge in [0.2, 0.25) is 0 Å². The lowest BCUT2D eigenvalue weighted by Gasteiger charge is -1.92. The zero-order chi connectivity index (χ0) is 9.98. The molecule has 1 rings (SSSR count). The molecule has 0 atom stereocenters. The lowest BCUT2D eigenvalue weighted by molar-refractivity contribution is 1.31. The van der Waals surface area contributed by atoms with Crippen molar-refractivity contribution < 1.29 is 0 Å². The van der Waals surface area contributed by atoms with E-state index in [0.717, 1.165) is 4.90 Å². The molecule has 0 radical (unpaired) electrons. The van der Waals surface area contributed by atoms with Gasteiger partial charge in [0.25, 0.3) is 0 Å². The molecule has 0 aromatic heterocycles. The first-order chi connectivity index (χ1) is 5.80. The molecule has 70 valence electrons. The fourth-order valence-corrected chi connectivity index (χ4v) is 0.724. The molecule has 0 fully saturated rings. The van der Waals surface area contributed by atoms with E-state index in [9.17, 15) is 0 Å². The van der Waals surface area contributed by atoms with Crippen LogP contribution in [0.3, 0.4) is 0 Å². The van der Waals surface area contributed by atoms with E-state index in [-0.39, 0.29) is 0 Å². The number of hydrogen-bond acceptors (Lipinski definition) is 1. The van der Waals surface area contributed by atoms with Crippen LogP contribution in [-0.2, 0) is 0 Å². The highest BCUT2D eigenvalue weighted by Crippen LogP contribution is 2.09. The summed E-state index contributed by atoms with van der Waals surface area (Å²) in [6, 6.07) is 8.02. The van der Waals surface area contributed by atoms with Crippen molar-refractivity contribution in [2.45, 2.75) is 39.5 Å². The van der Waals surface area contributed by atoms with E-state index < -0.39 is 0 Å². The molecule has 0 saturated heterocycles. The molecule has 0 N–H and O–H groups in total. The first-order valence-electron chi connectivity index (χ1n) is 4.55. The Morgan fingerprint density at radius 1 is 0.917 bits per heavy atom. The Kier molecular flexibility index (Phi) is 12.4. The third-order valence-electron chi connectivity index (χ3n) is 1.12. The summed E-state index contributed by atoms with van der Waals surface area (Å²) >= 11 is 4.20. The predicted octanol–water partition coefficient (Wildman–Crippen LogP) is 4.34. The normalized spacial score (nSPS) is 7.17. The van der Waals surface area contributed by atoms with Crippen molar-refractivity contribution in [3.63, 3.8) is 0 Å². The average molecular weight is 184 g/mol. The number of thiol groups is 1. The number of hydrogen-bond donors (Lipinski definition) is 1. The highest BCUT2D eigenvalue weighted by molar-refractivity contribution is 7.80. The van der Waals surface area contributed by atoms with Crippen LogP contribution in [0.5, 0.6) is 0 Å². The van der Waals surface area contributed by atoms with E-state index in [1.807, 2.05) is 58.9 Å². The van der Waals surface area contributed by atoms with Gasteiger partial charge >= 0.3 is 0 Å². The first kappa shape index (κ1) is 14.1. The van der Waals surface area contributed by atoms with E-state index in [1.165, 1.54) is 5.56 Å². The van der Waals surface area contributed by atoms with Crippen LogP contribution in [0.4, 0.5) is 0 Å². The van der Waals surface area contributed by atoms with Gasteiger partial charge in [0.1, 0.15) is 0 Å². The zero-order valence-electron chi connectivity index (χ0n) is 8.76. The van der Waals surface area contributed by atoms with Crippen LogP contribution in [-0.4, -0.2) is 0 Å². The van der Waals surface area contributed by atoms with Gasteiger partial charge in [-0.3, -0.25) is 0 Å². The fraction of sp³-hybridized carbons (Fsp3) is 0.455. The average Bonchev–Trinajstić information content (AvgIpc) is 2.17. The molecule has 0 aliphatic heterocycles. The van der Waals surface area contributed by atoms with Gasteiger partial charge in [0, 0.05) is 4.90 Å². The minimum Gasteiger partial charge on any atom is -0.143 e. The summed E-state index contributed by atoms with van der Waals surface area (Å²) < 4.78 is 0.